The van der Waals surface area contributed by atoms with Gasteiger partial charge in [0.2, 0.25) is 0 Å². The first kappa shape index (κ1) is 22.6. The Hall–Kier alpha value is -3.05. The van der Waals surface area contributed by atoms with E-state index in [0.717, 1.165) is 22.7 Å². The lowest BCUT2D eigenvalue weighted by Crippen LogP contribution is -2.32. The van der Waals surface area contributed by atoms with Crippen LogP contribution >= 0.6 is 11.6 Å². The SMILES string of the molecule is CC(C)(CCN(Cc1ccc(Cl)cc1)c1ccc(OCc2ccccn2)cc1)C(=O)O. The summed E-state index contributed by atoms with van der Waals surface area (Å²) in [6, 6.07) is 21.3. The summed E-state index contributed by atoms with van der Waals surface area (Å²) in [5.74, 6) is -0.0380. The second-order valence-electron chi connectivity index (χ2n) is 8.09. The van der Waals surface area contributed by atoms with Crippen molar-refractivity contribution in [3.63, 3.8) is 0 Å². The molecule has 3 aromatic rings. The molecule has 0 saturated heterocycles. The minimum atomic E-state index is -0.802. The Morgan fingerprint density at radius 1 is 1.06 bits per heavy atom. The van der Waals surface area contributed by atoms with E-state index < -0.39 is 11.4 Å². The van der Waals surface area contributed by atoms with Crippen LogP contribution in [0.15, 0.2) is 72.9 Å². The topological polar surface area (TPSA) is 62.7 Å². The number of nitrogens with zero attached hydrogens (tertiary/aromatic N) is 2. The van der Waals surface area contributed by atoms with Gasteiger partial charge in [-0.2, -0.15) is 0 Å². The minimum absolute atomic E-state index is 0.404. The lowest BCUT2D eigenvalue weighted by atomic mass is 9.89. The number of aromatic nitrogens is 1. The fourth-order valence-corrected chi connectivity index (χ4v) is 3.15. The molecule has 0 fully saturated rings. The molecule has 0 unspecified atom stereocenters. The number of ether oxygens (including phenoxy) is 1. The Labute approximate surface area is 188 Å². The third kappa shape index (κ3) is 6.72. The fourth-order valence-electron chi connectivity index (χ4n) is 3.03. The summed E-state index contributed by atoms with van der Waals surface area (Å²) in [6.45, 7) is 5.17. The van der Waals surface area contributed by atoms with Crippen molar-refractivity contribution in [1.82, 2.24) is 4.98 Å². The zero-order valence-electron chi connectivity index (χ0n) is 17.8. The zero-order chi connectivity index (χ0) is 22.3. The molecule has 0 aliphatic carbocycles. The van der Waals surface area contributed by atoms with E-state index in [0.29, 0.717) is 31.1 Å². The van der Waals surface area contributed by atoms with Crippen LogP contribution in [-0.4, -0.2) is 22.6 Å². The number of aliphatic carboxylic acids is 1. The fraction of sp³-hybridized carbons (Fsp3) is 0.280. The van der Waals surface area contributed by atoms with Crippen molar-refractivity contribution in [2.75, 3.05) is 11.4 Å². The average molecular weight is 439 g/mol. The van der Waals surface area contributed by atoms with Crippen molar-refractivity contribution in [2.24, 2.45) is 5.41 Å². The number of hydrogen-bond acceptors (Lipinski definition) is 4. The third-order valence-electron chi connectivity index (χ3n) is 5.19. The van der Waals surface area contributed by atoms with Crippen LogP contribution in [0.5, 0.6) is 5.75 Å². The molecular weight excluding hydrogens is 412 g/mol. The summed E-state index contributed by atoms with van der Waals surface area (Å²) in [7, 11) is 0. The number of carbonyl (C=O) groups is 1. The Morgan fingerprint density at radius 2 is 1.77 bits per heavy atom. The first-order valence-corrected chi connectivity index (χ1v) is 10.6. The second-order valence-corrected chi connectivity index (χ2v) is 8.53. The van der Waals surface area contributed by atoms with Crippen molar-refractivity contribution in [1.29, 1.82) is 0 Å². The minimum Gasteiger partial charge on any atom is -0.487 e. The number of carboxylic acid groups (broad SMARTS) is 1. The molecule has 0 spiro atoms. The molecular formula is C25H27ClN2O3. The van der Waals surface area contributed by atoms with E-state index in [1.807, 2.05) is 66.7 Å². The van der Waals surface area contributed by atoms with Crippen molar-refractivity contribution in [3.8, 4) is 5.75 Å². The predicted octanol–water partition coefficient (Wildman–Crippen LogP) is 5.82. The van der Waals surface area contributed by atoms with E-state index in [9.17, 15) is 9.90 Å². The summed E-state index contributed by atoms with van der Waals surface area (Å²) < 4.78 is 5.83. The first-order chi connectivity index (χ1) is 14.8. The van der Waals surface area contributed by atoms with E-state index in [4.69, 9.17) is 16.3 Å². The van der Waals surface area contributed by atoms with E-state index in [1.165, 1.54) is 0 Å². The maximum absolute atomic E-state index is 11.5. The monoisotopic (exact) mass is 438 g/mol. The van der Waals surface area contributed by atoms with Gasteiger partial charge in [0.15, 0.2) is 0 Å². The van der Waals surface area contributed by atoms with Gasteiger partial charge in [0.1, 0.15) is 12.4 Å². The van der Waals surface area contributed by atoms with Crippen LogP contribution in [0.25, 0.3) is 0 Å². The highest BCUT2D eigenvalue weighted by molar-refractivity contribution is 6.30. The summed E-state index contributed by atoms with van der Waals surface area (Å²) in [5, 5.41) is 10.2. The van der Waals surface area contributed by atoms with Gasteiger partial charge in [-0.1, -0.05) is 29.8 Å². The molecule has 31 heavy (non-hydrogen) atoms. The number of benzene rings is 2. The number of pyridine rings is 1. The lowest BCUT2D eigenvalue weighted by molar-refractivity contribution is -0.147. The Balaban J connectivity index is 1.72. The highest BCUT2D eigenvalue weighted by atomic mass is 35.5. The predicted molar refractivity (Wildman–Crippen MR) is 124 cm³/mol. The highest BCUT2D eigenvalue weighted by Crippen LogP contribution is 2.26. The number of anilines is 1. The summed E-state index contributed by atoms with van der Waals surface area (Å²) >= 11 is 6.02. The molecule has 1 heterocycles. The summed E-state index contributed by atoms with van der Waals surface area (Å²) in [4.78, 5) is 18.0. The standard InChI is InChI=1S/C25H27ClN2O3/c1-25(2,24(29)30)14-16-28(17-19-6-8-20(26)9-7-19)22-10-12-23(13-11-22)31-18-21-5-3-4-15-27-21/h3-13,15H,14,16-18H2,1-2H3,(H,29,30). The molecule has 1 aromatic heterocycles. The lowest BCUT2D eigenvalue weighted by Gasteiger charge is -2.29. The molecule has 3 rings (SSSR count). The molecule has 0 bridgehead atoms. The van der Waals surface area contributed by atoms with Gasteiger partial charge in [0, 0.05) is 30.0 Å². The second kappa shape index (κ2) is 10.3. The molecule has 6 heteroatoms. The van der Waals surface area contributed by atoms with Crippen LogP contribution in [0.1, 0.15) is 31.5 Å². The van der Waals surface area contributed by atoms with Gasteiger partial charge < -0.3 is 14.7 Å². The molecule has 0 aliphatic rings. The van der Waals surface area contributed by atoms with Crippen molar-refractivity contribution >= 4 is 23.3 Å². The van der Waals surface area contributed by atoms with E-state index >= 15 is 0 Å². The van der Waals surface area contributed by atoms with Gasteiger partial charge in [0.25, 0.3) is 0 Å². The van der Waals surface area contributed by atoms with Crippen molar-refractivity contribution in [2.45, 2.75) is 33.4 Å². The van der Waals surface area contributed by atoms with Crippen molar-refractivity contribution in [3.05, 3.63) is 89.2 Å². The molecule has 5 nitrogen and oxygen atoms in total. The molecule has 0 aliphatic heterocycles. The molecule has 0 radical (unpaired) electrons. The van der Waals surface area contributed by atoms with Crippen LogP contribution in [0.3, 0.4) is 0 Å². The molecule has 162 valence electrons. The van der Waals surface area contributed by atoms with Crippen molar-refractivity contribution < 1.29 is 14.6 Å². The number of halogens is 1. The molecule has 0 saturated carbocycles. The largest absolute Gasteiger partial charge is 0.487 e. The number of rotatable bonds is 10. The summed E-state index contributed by atoms with van der Waals surface area (Å²) in [6.07, 6.45) is 2.27. The van der Waals surface area contributed by atoms with Gasteiger partial charge >= 0.3 is 5.97 Å². The number of hydrogen-bond donors (Lipinski definition) is 1. The number of carboxylic acids is 1. The molecule has 2 aromatic carbocycles. The Bertz CT molecular complexity index is 974. The molecule has 1 N–H and O–H groups in total. The summed E-state index contributed by atoms with van der Waals surface area (Å²) in [5.41, 5.74) is 2.17. The van der Waals surface area contributed by atoms with Crippen LogP contribution in [0, 0.1) is 5.41 Å². The van der Waals surface area contributed by atoms with Crippen LogP contribution < -0.4 is 9.64 Å². The average Bonchev–Trinajstić information content (AvgIpc) is 2.77. The van der Waals surface area contributed by atoms with Crippen LogP contribution in [0.2, 0.25) is 5.02 Å². The Morgan fingerprint density at radius 3 is 2.39 bits per heavy atom. The van der Waals surface area contributed by atoms with Gasteiger partial charge in [-0.05, 0) is 74.4 Å². The zero-order valence-corrected chi connectivity index (χ0v) is 18.5. The quantitative estimate of drug-likeness (QED) is 0.432. The van der Waals surface area contributed by atoms with E-state index in [2.05, 4.69) is 9.88 Å². The van der Waals surface area contributed by atoms with Gasteiger partial charge in [-0.25, -0.2) is 0 Å². The van der Waals surface area contributed by atoms with Gasteiger partial charge in [0.05, 0.1) is 11.1 Å². The van der Waals surface area contributed by atoms with Gasteiger partial charge in [-0.15, -0.1) is 0 Å². The van der Waals surface area contributed by atoms with E-state index in [-0.39, 0.29) is 0 Å². The van der Waals surface area contributed by atoms with Gasteiger partial charge in [-0.3, -0.25) is 9.78 Å². The van der Waals surface area contributed by atoms with Crippen LogP contribution in [-0.2, 0) is 17.9 Å². The maximum Gasteiger partial charge on any atom is 0.309 e. The van der Waals surface area contributed by atoms with E-state index in [1.54, 1.807) is 20.0 Å². The Kier molecular flexibility index (Phi) is 7.53. The normalized spacial score (nSPS) is 11.2. The molecule has 0 amide bonds. The maximum atomic E-state index is 11.5. The first-order valence-electron chi connectivity index (χ1n) is 10.2. The molecule has 0 atom stereocenters. The third-order valence-corrected chi connectivity index (χ3v) is 5.44. The van der Waals surface area contributed by atoms with Crippen LogP contribution in [0.4, 0.5) is 5.69 Å². The highest BCUT2D eigenvalue weighted by Gasteiger charge is 2.27. The smallest absolute Gasteiger partial charge is 0.309 e.